The zero-order valence-electron chi connectivity index (χ0n) is 14.5. The lowest BCUT2D eigenvalue weighted by Gasteiger charge is -2.12. The van der Waals surface area contributed by atoms with Crippen LogP contribution in [0.5, 0.6) is 0 Å². The third kappa shape index (κ3) is 5.89. The average molecular weight is 375 g/mol. The maximum Gasteiger partial charge on any atom is 0.328 e. The van der Waals surface area contributed by atoms with Crippen molar-refractivity contribution in [2.24, 2.45) is 0 Å². The second-order valence-corrected chi connectivity index (χ2v) is 7.65. The minimum atomic E-state index is -4.04. The van der Waals surface area contributed by atoms with Crippen LogP contribution in [0, 0.1) is 0 Å². The summed E-state index contributed by atoms with van der Waals surface area (Å²) in [6.07, 6.45) is 0.173. The maximum absolute atomic E-state index is 12.3. The summed E-state index contributed by atoms with van der Waals surface area (Å²) in [5, 5.41) is 5.10. The number of anilines is 1. The van der Waals surface area contributed by atoms with Gasteiger partial charge in [0, 0.05) is 11.7 Å². The van der Waals surface area contributed by atoms with Crippen molar-refractivity contribution in [1.29, 1.82) is 0 Å². The molecule has 0 aromatic heterocycles. The molecule has 8 heteroatoms. The first kappa shape index (κ1) is 19.5. The molecule has 138 valence electrons. The Kier molecular flexibility index (Phi) is 6.35. The van der Waals surface area contributed by atoms with Crippen molar-refractivity contribution in [3.05, 3.63) is 60.2 Å². The zero-order valence-corrected chi connectivity index (χ0v) is 15.3. The van der Waals surface area contributed by atoms with Crippen molar-refractivity contribution in [3.63, 3.8) is 0 Å². The highest BCUT2D eigenvalue weighted by molar-refractivity contribution is 7.90. The molecule has 26 heavy (non-hydrogen) atoms. The number of hydrogen-bond acceptors (Lipinski definition) is 4. The summed E-state index contributed by atoms with van der Waals surface area (Å²) in [7, 11) is -4.04. The van der Waals surface area contributed by atoms with Crippen LogP contribution in [0.15, 0.2) is 59.5 Å². The first-order valence-corrected chi connectivity index (χ1v) is 9.52. The fourth-order valence-corrected chi connectivity index (χ4v) is 3.16. The highest BCUT2D eigenvalue weighted by Gasteiger charge is 2.18. The molecule has 3 amide bonds. The van der Waals surface area contributed by atoms with E-state index >= 15 is 0 Å². The topological polar surface area (TPSA) is 104 Å². The highest BCUT2D eigenvalue weighted by Crippen LogP contribution is 2.16. The smallest absolute Gasteiger partial charge is 0.328 e. The van der Waals surface area contributed by atoms with Gasteiger partial charge in [-0.15, -0.1) is 0 Å². The van der Waals surface area contributed by atoms with Crippen LogP contribution >= 0.6 is 0 Å². The van der Waals surface area contributed by atoms with Gasteiger partial charge in [-0.25, -0.2) is 17.9 Å². The van der Waals surface area contributed by atoms with Gasteiger partial charge in [-0.3, -0.25) is 4.79 Å². The van der Waals surface area contributed by atoms with Gasteiger partial charge in [0.1, 0.15) is 0 Å². The molecule has 0 fully saturated rings. The summed E-state index contributed by atoms with van der Waals surface area (Å²) >= 11 is 0. The summed E-state index contributed by atoms with van der Waals surface area (Å²) in [4.78, 5) is 23.6. The third-order valence-corrected chi connectivity index (χ3v) is 4.61. The Morgan fingerprint density at radius 3 is 2.35 bits per heavy atom. The van der Waals surface area contributed by atoms with E-state index in [-0.39, 0.29) is 23.3 Å². The molecule has 0 spiro atoms. The predicted octanol–water partition coefficient (Wildman–Crippen LogP) is 2.26. The van der Waals surface area contributed by atoms with Crippen molar-refractivity contribution in [1.82, 2.24) is 10.0 Å². The van der Waals surface area contributed by atoms with Crippen LogP contribution in [0.2, 0.25) is 0 Å². The van der Waals surface area contributed by atoms with Crippen LogP contribution in [0.1, 0.15) is 19.4 Å². The molecule has 3 N–H and O–H groups in total. The number of sulfonamides is 1. The fraction of sp³-hybridized carbons (Fsp3) is 0.222. The van der Waals surface area contributed by atoms with E-state index in [0.29, 0.717) is 5.69 Å². The maximum atomic E-state index is 12.3. The van der Waals surface area contributed by atoms with E-state index < -0.39 is 16.1 Å². The van der Waals surface area contributed by atoms with Crippen LogP contribution in [0.4, 0.5) is 10.5 Å². The summed E-state index contributed by atoms with van der Waals surface area (Å²) in [6.45, 7) is 3.43. The molecule has 0 saturated carbocycles. The van der Waals surface area contributed by atoms with E-state index in [4.69, 9.17) is 0 Å². The van der Waals surface area contributed by atoms with E-state index in [1.54, 1.807) is 19.9 Å². The van der Waals surface area contributed by atoms with Gasteiger partial charge < -0.3 is 10.6 Å². The zero-order chi connectivity index (χ0) is 19.2. The fourth-order valence-electron chi connectivity index (χ4n) is 2.20. The summed E-state index contributed by atoms with van der Waals surface area (Å²) in [5.41, 5.74) is 1.18. The number of amides is 3. The molecule has 0 aliphatic heterocycles. The summed E-state index contributed by atoms with van der Waals surface area (Å²) in [5.74, 6) is -0.267. The first-order chi connectivity index (χ1) is 12.3. The average Bonchev–Trinajstić information content (AvgIpc) is 2.54. The molecule has 0 heterocycles. The third-order valence-electron chi connectivity index (χ3n) is 3.28. The van der Waals surface area contributed by atoms with Crippen LogP contribution < -0.4 is 15.4 Å². The number of benzene rings is 2. The number of carbonyl (C=O) groups excluding carboxylic acids is 2. The normalized spacial score (nSPS) is 11.0. The number of rotatable bonds is 6. The van der Waals surface area contributed by atoms with E-state index in [9.17, 15) is 18.0 Å². The first-order valence-electron chi connectivity index (χ1n) is 8.03. The van der Waals surface area contributed by atoms with Crippen molar-refractivity contribution in [3.8, 4) is 0 Å². The Balaban J connectivity index is 2.07. The Labute approximate surface area is 152 Å². The Bertz CT molecular complexity index is 880. The summed E-state index contributed by atoms with van der Waals surface area (Å²) < 4.78 is 26.5. The van der Waals surface area contributed by atoms with Crippen LogP contribution in [0.25, 0.3) is 0 Å². The Morgan fingerprint density at radius 1 is 1.00 bits per heavy atom. The molecule has 2 aromatic rings. The second-order valence-electron chi connectivity index (χ2n) is 5.97. The number of urea groups is 1. The van der Waals surface area contributed by atoms with Gasteiger partial charge >= 0.3 is 6.03 Å². The minimum absolute atomic E-state index is 0.117. The molecular weight excluding hydrogens is 354 g/mol. The number of hydrogen-bond donors (Lipinski definition) is 3. The molecule has 0 bridgehead atoms. The van der Waals surface area contributed by atoms with Crippen molar-refractivity contribution in [2.45, 2.75) is 31.2 Å². The molecular formula is C18H21N3O4S. The van der Waals surface area contributed by atoms with Crippen molar-refractivity contribution < 1.29 is 18.0 Å². The molecule has 0 aliphatic rings. The predicted molar refractivity (Wildman–Crippen MR) is 99.2 cm³/mol. The molecule has 2 rings (SSSR count). The monoisotopic (exact) mass is 375 g/mol. The highest BCUT2D eigenvalue weighted by atomic mass is 32.2. The molecule has 0 saturated heterocycles. The largest absolute Gasteiger partial charge is 0.335 e. The van der Waals surface area contributed by atoms with Gasteiger partial charge in [-0.05, 0) is 37.6 Å². The number of carbonyl (C=O) groups is 2. The molecule has 2 aromatic carbocycles. The molecule has 7 nitrogen and oxygen atoms in total. The Hall–Kier alpha value is -2.87. The van der Waals surface area contributed by atoms with Gasteiger partial charge in [0.25, 0.3) is 10.0 Å². The van der Waals surface area contributed by atoms with E-state index in [0.717, 1.165) is 5.56 Å². The lowest BCUT2D eigenvalue weighted by molar-refractivity contribution is -0.115. The summed E-state index contributed by atoms with van der Waals surface area (Å²) in [6, 6.07) is 13.9. The number of nitrogens with one attached hydrogen (secondary N) is 3. The molecule has 0 unspecified atom stereocenters. The van der Waals surface area contributed by atoms with E-state index in [1.165, 1.54) is 18.2 Å². The van der Waals surface area contributed by atoms with Gasteiger partial charge in [-0.1, -0.05) is 36.4 Å². The Morgan fingerprint density at radius 2 is 1.69 bits per heavy atom. The van der Waals surface area contributed by atoms with E-state index in [2.05, 4.69) is 10.6 Å². The van der Waals surface area contributed by atoms with Gasteiger partial charge in [-0.2, -0.15) is 0 Å². The molecule has 0 atom stereocenters. The SMILES string of the molecule is CC(C)NC(=O)NS(=O)(=O)c1cccc(NC(=O)Cc2ccccc2)c1. The lowest BCUT2D eigenvalue weighted by Crippen LogP contribution is -2.42. The molecule has 0 radical (unpaired) electrons. The van der Waals surface area contributed by atoms with Gasteiger partial charge in [0.2, 0.25) is 5.91 Å². The lowest BCUT2D eigenvalue weighted by atomic mass is 10.1. The van der Waals surface area contributed by atoms with Gasteiger partial charge in [0.15, 0.2) is 0 Å². The van der Waals surface area contributed by atoms with Crippen molar-refractivity contribution in [2.75, 3.05) is 5.32 Å². The van der Waals surface area contributed by atoms with Crippen LogP contribution in [-0.4, -0.2) is 26.4 Å². The standard InChI is InChI=1S/C18H21N3O4S/c1-13(2)19-18(23)21-26(24,25)16-10-6-9-15(12-16)20-17(22)11-14-7-4-3-5-8-14/h3-10,12-13H,11H2,1-2H3,(H,20,22)(H2,19,21,23). The second kappa shape index (κ2) is 8.48. The van der Waals surface area contributed by atoms with E-state index in [1.807, 2.05) is 35.1 Å². The quantitative estimate of drug-likeness (QED) is 0.720. The van der Waals surface area contributed by atoms with Crippen LogP contribution in [-0.2, 0) is 21.2 Å². The molecule has 0 aliphatic carbocycles. The van der Waals surface area contributed by atoms with Crippen molar-refractivity contribution >= 4 is 27.6 Å². The van der Waals surface area contributed by atoms with Gasteiger partial charge in [0.05, 0.1) is 11.3 Å². The minimum Gasteiger partial charge on any atom is -0.335 e. The van der Waals surface area contributed by atoms with Crippen LogP contribution in [0.3, 0.4) is 0 Å².